The van der Waals surface area contributed by atoms with E-state index in [9.17, 15) is 5.26 Å². The van der Waals surface area contributed by atoms with Gasteiger partial charge in [-0.05, 0) is 66.0 Å². The molecule has 1 unspecified atom stereocenters. The molecule has 0 saturated carbocycles. The zero-order valence-corrected chi connectivity index (χ0v) is 13.0. The minimum atomic E-state index is 0.387. The third-order valence-electron chi connectivity index (χ3n) is 4.94. The Labute approximate surface area is 126 Å². The first-order chi connectivity index (χ1) is 10.0. The number of nitriles is 1. The average Bonchev–Trinajstić information content (AvgIpc) is 2.70. The highest BCUT2D eigenvalue weighted by molar-refractivity contribution is 5.91. The van der Waals surface area contributed by atoms with Crippen molar-refractivity contribution in [2.45, 2.75) is 27.7 Å². The van der Waals surface area contributed by atoms with Crippen molar-refractivity contribution in [3.63, 3.8) is 0 Å². The highest BCUT2D eigenvalue weighted by Crippen LogP contribution is 2.43. The second kappa shape index (κ2) is 4.90. The Morgan fingerprint density at radius 2 is 1.57 bits per heavy atom. The fourth-order valence-corrected chi connectivity index (χ4v) is 3.35. The summed E-state index contributed by atoms with van der Waals surface area (Å²) in [5, 5.41) is 11.9. The van der Waals surface area contributed by atoms with Gasteiger partial charge in [0.1, 0.15) is 0 Å². The maximum Gasteiger partial charge on any atom is 0.0998 e. The van der Waals surface area contributed by atoms with Gasteiger partial charge in [-0.15, -0.1) is 0 Å². The SMILES string of the molecule is CC1=C(C)C(C)C(c2cc3ccccc3cc2C#N)=C1C. The molecule has 0 aromatic heterocycles. The smallest absolute Gasteiger partial charge is 0.0998 e. The van der Waals surface area contributed by atoms with E-state index in [1.165, 1.54) is 27.7 Å². The third kappa shape index (κ3) is 1.99. The van der Waals surface area contributed by atoms with Crippen molar-refractivity contribution in [3.05, 3.63) is 64.2 Å². The van der Waals surface area contributed by atoms with Crippen LogP contribution in [0.25, 0.3) is 16.3 Å². The van der Waals surface area contributed by atoms with Gasteiger partial charge in [0.2, 0.25) is 0 Å². The first kappa shape index (κ1) is 13.6. The second-order valence-electron chi connectivity index (χ2n) is 5.93. The summed E-state index contributed by atoms with van der Waals surface area (Å²) in [4.78, 5) is 0. The Morgan fingerprint density at radius 3 is 2.10 bits per heavy atom. The summed E-state index contributed by atoms with van der Waals surface area (Å²) in [6, 6.07) is 14.8. The molecule has 3 rings (SSSR count). The molecule has 1 atom stereocenters. The van der Waals surface area contributed by atoms with Crippen molar-refractivity contribution in [1.29, 1.82) is 5.26 Å². The van der Waals surface area contributed by atoms with E-state index in [0.29, 0.717) is 5.92 Å². The topological polar surface area (TPSA) is 23.8 Å². The molecule has 1 heteroatoms. The van der Waals surface area contributed by atoms with E-state index < -0.39 is 0 Å². The van der Waals surface area contributed by atoms with Crippen LogP contribution in [-0.4, -0.2) is 0 Å². The number of allylic oxidation sites excluding steroid dienone is 4. The van der Waals surface area contributed by atoms with Gasteiger partial charge in [-0.25, -0.2) is 0 Å². The molecule has 104 valence electrons. The maximum absolute atomic E-state index is 9.56. The molecule has 1 nitrogen and oxygen atoms in total. The Balaban J connectivity index is 2.29. The molecular formula is C20H19N. The summed E-state index contributed by atoms with van der Waals surface area (Å²) in [6.07, 6.45) is 0. The minimum Gasteiger partial charge on any atom is -0.192 e. The highest BCUT2D eigenvalue weighted by Gasteiger charge is 2.26. The van der Waals surface area contributed by atoms with Crippen LogP contribution in [0.4, 0.5) is 0 Å². The largest absolute Gasteiger partial charge is 0.192 e. The summed E-state index contributed by atoms with van der Waals surface area (Å²) >= 11 is 0. The molecule has 0 fully saturated rings. The molecule has 0 bridgehead atoms. The van der Waals surface area contributed by atoms with Crippen molar-refractivity contribution in [3.8, 4) is 6.07 Å². The summed E-state index contributed by atoms with van der Waals surface area (Å²) in [5.41, 5.74) is 7.29. The van der Waals surface area contributed by atoms with E-state index in [0.717, 1.165) is 16.5 Å². The van der Waals surface area contributed by atoms with Gasteiger partial charge in [-0.2, -0.15) is 5.26 Å². The number of nitrogens with zero attached hydrogens (tertiary/aromatic N) is 1. The van der Waals surface area contributed by atoms with Gasteiger partial charge in [0, 0.05) is 5.92 Å². The van der Waals surface area contributed by atoms with Crippen LogP contribution in [0.15, 0.2) is 53.1 Å². The zero-order valence-electron chi connectivity index (χ0n) is 13.0. The average molecular weight is 273 g/mol. The fraction of sp³-hybridized carbons (Fsp3) is 0.250. The van der Waals surface area contributed by atoms with E-state index >= 15 is 0 Å². The Morgan fingerprint density at radius 1 is 0.952 bits per heavy atom. The Bertz CT molecular complexity index is 844. The number of benzene rings is 2. The van der Waals surface area contributed by atoms with E-state index in [-0.39, 0.29) is 0 Å². The van der Waals surface area contributed by atoms with Gasteiger partial charge in [-0.3, -0.25) is 0 Å². The normalized spacial score (nSPS) is 18.5. The lowest BCUT2D eigenvalue weighted by Crippen LogP contribution is -1.99. The van der Waals surface area contributed by atoms with Gasteiger partial charge in [0.15, 0.2) is 0 Å². The highest BCUT2D eigenvalue weighted by atomic mass is 14.3. The lowest BCUT2D eigenvalue weighted by Gasteiger charge is -2.15. The van der Waals surface area contributed by atoms with E-state index in [1.54, 1.807) is 0 Å². The number of hydrogen-bond donors (Lipinski definition) is 0. The molecule has 0 amide bonds. The molecule has 0 heterocycles. The number of rotatable bonds is 1. The van der Waals surface area contributed by atoms with Gasteiger partial charge in [-0.1, -0.05) is 36.8 Å². The molecule has 2 aromatic carbocycles. The predicted molar refractivity (Wildman–Crippen MR) is 88.8 cm³/mol. The van der Waals surface area contributed by atoms with E-state index in [1.807, 2.05) is 18.2 Å². The number of hydrogen-bond acceptors (Lipinski definition) is 1. The first-order valence-corrected chi connectivity index (χ1v) is 7.36. The van der Waals surface area contributed by atoms with Crippen LogP contribution >= 0.6 is 0 Å². The molecule has 0 aliphatic heterocycles. The maximum atomic E-state index is 9.56. The zero-order chi connectivity index (χ0) is 15.1. The lowest BCUT2D eigenvalue weighted by molar-refractivity contribution is 0.895. The van der Waals surface area contributed by atoms with Crippen LogP contribution in [0.3, 0.4) is 0 Å². The van der Waals surface area contributed by atoms with Crippen molar-refractivity contribution in [2.24, 2.45) is 5.92 Å². The minimum absolute atomic E-state index is 0.387. The van der Waals surface area contributed by atoms with Crippen molar-refractivity contribution in [1.82, 2.24) is 0 Å². The summed E-state index contributed by atoms with van der Waals surface area (Å²) in [6.45, 7) is 8.79. The summed E-state index contributed by atoms with van der Waals surface area (Å²) in [5.74, 6) is 0.387. The van der Waals surface area contributed by atoms with Gasteiger partial charge in [0.05, 0.1) is 11.6 Å². The van der Waals surface area contributed by atoms with Crippen LogP contribution < -0.4 is 0 Å². The first-order valence-electron chi connectivity index (χ1n) is 7.36. The third-order valence-corrected chi connectivity index (χ3v) is 4.94. The van der Waals surface area contributed by atoms with Crippen LogP contribution in [-0.2, 0) is 0 Å². The fourth-order valence-electron chi connectivity index (χ4n) is 3.35. The molecule has 0 spiro atoms. The summed E-state index contributed by atoms with van der Waals surface area (Å²) in [7, 11) is 0. The van der Waals surface area contributed by atoms with Crippen LogP contribution in [0.2, 0.25) is 0 Å². The van der Waals surface area contributed by atoms with Crippen molar-refractivity contribution in [2.75, 3.05) is 0 Å². The van der Waals surface area contributed by atoms with Gasteiger partial charge in [0.25, 0.3) is 0 Å². The van der Waals surface area contributed by atoms with E-state index in [2.05, 4.69) is 52.0 Å². The van der Waals surface area contributed by atoms with E-state index in [4.69, 9.17) is 0 Å². The van der Waals surface area contributed by atoms with Crippen molar-refractivity contribution < 1.29 is 0 Å². The molecule has 0 radical (unpaired) electrons. The predicted octanol–water partition coefficient (Wildman–Crippen LogP) is 5.47. The van der Waals surface area contributed by atoms with Crippen LogP contribution in [0, 0.1) is 17.2 Å². The van der Waals surface area contributed by atoms with Crippen molar-refractivity contribution >= 4 is 16.3 Å². The van der Waals surface area contributed by atoms with Crippen LogP contribution in [0.5, 0.6) is 0 Å². The molecule has 2 aromatic rings. The quantitative estimate of drug-likeness (QED) is 0.675. The molecule has 0 saturated heterocycles. The van der Waals surface area contributed by atoms with Crippen LogP contribution in [0.1, 0.15) is 38.8 Å². The van der Waals surface area contributed by atoms with Gasteiger partial charge >= 0.3 is 0 Å². The molecule has 1 aliphatic rings. The lowest BCUT2D eigenvalue weighted by atomic mass is 9.87. The summed E-state index contributed by atoms with van der Waals surface area (Å²) < 4.78 is 0. The Kier molecular flexibility index (Phi) is 3.18. The second-order valence-corrected chi connectivity index (χ2v) is 5.93. The molecule has 21 heavy (non-hydrogen) atoms. The molecule has 0 N–H and O–H groups in total. The van der Waals surface area contributed by atoms with Gasteiger partial charge < -0.3 is 0 Å². The monoisotopic (exact) mass is 273 g/mol. The standard InChI is InChI=1S/C20H19N/c1-12-13(2)15(4)20(14(12)3)19-10-17-8-6-5-7-16(17)9-18(19)11-21/h5-10,14H,1-4H3. The molecular weight excluding hydrogens is 254 g/mol. The number of fused-ring (bicyclic) bond motifs is 1. The molecule has 1 aliphatic carbocycles. The Hall–Kier alpha value is -2.33.